The lowest BCUT2D eigenvalue weighted by Gasteiger charge is -2.06. The van der Waals surface area contributed by atoms with Gasteiger partial charge < -0.3 is 9.67 Å². The lowest BCUT2D eigenvalue weighted by Crippen LogP contribution is -1.97. The summed E-state index contributed by atoms with van der Waals surface area (Å²) < 4.78 is 2.23. The average Bonchev–Trinajstić information content (AvgIpc) is 2.75. The van der Waals surface area contributed by atoms with E-state index in [0.29, 0.717) is 5.75 Å². The van der Waals surface area contributed by atoms with Crippen LogP contribution in [0.3, 0.4) is 0 Å². The molecule has 3 aromatic rings. The molecule has 0 unspecified atom stereocenters. The van der Waals surface area contributed by atoms with Crippen LogP contribution >= 0.6 is 0 Å². The van der Waals surface area contributed by atoms with Crippen LogP contribution < -0.4 is 0 Å². The first-order chi connectivity index (χ1) is 8.72. The van der Waals surface area contributed by atoms with Crippen molar-refractivity contribution < 1.29 is 5.11 Å². The van der Waals surface area contributed by atoms with Gasteiger partial charge >= 0.3 is 0 Å². The molecule has 0 bridgehead atoms. The van der Waals surface area contributed by atoms with E-state index in [1.54, 1.807) is 12.1 Å². The molecule has 0 fully saturated rings. The average molecular weight is 237 g/mol. The van der Waals surface area contributed by atoms with Crippen molar-refractivity contribution in [2.45, 2.75) is 13.5 Å². The maximum absolute atomic E-state index is 9.28. The van der Waals surface area contributed by atoms with Gasteiger partial charge in [-0.3, -0.25) is 0 Å². The molecule has 0 aliphatic heterocycles. The third-order valence-corrected chi connectivity index (χ3v) is 3.22. The van der Waals surface area contributed by atoms with Crippen LogP contribution in [0.25, 0.3) is 10.9 Å². The zero-order valence-corrected chi connectivity index (χ0v) is 10.3. The Hall–Kier alpha value is -2.22. The normalized spacial score (nSPS) is 10.9. The summed E-state index contributed by atoms with van der Waals surface area (Å²) in [7, 11) is 0. The van der Waals surface area contributed by atoms with Crippen molar-refractivity contribution in [2.75, 3.05) is 0 Å². The predicted octanol–water partition coefficient (Wildman–Crippen LogP) is 3.70. The van der Waals surface area contributed by atoms with Crippen LogP contribution in [0, 0.1) is 6.92 Å². The van der Waals surface area contributed by atoms with Gasteiger partial charge in [0, 0.05) is 18.3 Å². The number of phenolic OH excluding ortho intramolecular Hbond substituents is 1. The Balaban J connectivity index is 1.99. The molecule has 1 N–H and O–H groups in total. The van der Waals surface area contributed by atoms with E-state index in [-0.39, 0.29) is 0 Å². The van der Waals surface area contributed by atoms with Crippen LogP contribution in [-0.2, 0) is 6.54 Å². The Bertz CT molecular complexity index is 680. The van der Waals surface area contributed by atoms with Gasteiger partial charge in [0.15, 0.2) is 0 Å². The van der Waals surface area contributed by atoms with Crippen LogP contribution in [-0.4, -0.2) is 9.67 Å². The van der Waals surface area contributed by atoms with E-state index in [0.717, 1.165) is 6.54 Å². The second-order valence-corrected chi connectivity index (χ2v) is 4.67. The van der Waals surface area contributed by atoms with Crippen LogP contribution in [0.4, 0.5) is 0 Å². The molecular formula is C16H15NO. The van der Waals surface area contributed by atoms with Crippen LogP contribution in [0.1, 0.15) is 11.1 Å². The maximum Gasteiger partial charge on any atom is 0.115 e. The first-order valence-corrected chi connectivity index (χ1v) is 6.06. The van der Waals surface area contributed by atoms with E-state index in [2.05, 4.69) is 42.0 Å². The summed E-state index contributed by atoms with van der Waals surface area (Å²) in [4.78, 5) is 0. The third kappa shape index (κ3) is 1.97. The molecule has 0 radical (unpaired) electrons. The van der Waals surface area contributed by atoms with E-state index in [4.69, 9.17) is 0 Å². The highest BCUT2D eigenvalue weighted by Gasteiger charge is 2.02. The fraction of sp³-hybridized carbons (Fsp3) is 0.125. The number of fused-ring (bicyclic) bond motifs is 1. The Labute approximate surface area is 106 Å². The Kier molecular flexibility index (Phi) is 2.56. The molecule has 2 nitrogen and oxygen atoms in total. The molecule has 0 atom stereocenters. The molecule has 0 spiro atoms. The van der Waals surface area contributed by atoms with Crippen LogP contribution in [0.2, 0.25) is 0 Å². The van der Waals surface area contributed by atoms with Gasteiger partial charge in [-0.1, -0.05) is 24.3 Å². The predicted molar refractivity (Wildman–Crippen MR) is 73.9 cm³/mol. The minimum atomic E-state index is 0.312. The first-order valence-electron chi connectivity index (χ1n) is 6.06. The van der Waals surface area contributed by atoms with Gasteiger partial charge in [0.25, 0.3) is 0 Å². The molecule has 90 valence electrons. The van der Waals surface area contributed by atoms with E-state index >= 15 is 0 Å². The summed E-state index contributed by atoms with van der Waals surface area (Å²) in [5, 5.41) is 10.5. The van der Waals surface area contributed by atoms with Crippen LogP contribution in [0.15, 0.2) is 54.7 Å². The summed E-state index contributed by atoms with van der Waals surface area (Å²) in [6.45, 7) is 2.94. The summed E-state index contributed by atoms with van der Waals surface area (Å²) in [5.74, 6) is 0.312. The van der Waals surface area contributed by atoms with Crippen LogP contribution in [0.5, 0.6) is 5.75 Å². The molecule has 0 aliphatic carbocycles. The lowest BCUT2D eigenvalue weighted by atomic mass is 10.2. The Morgan fingerprint density at radius 2 is 1.78 bits per heavy atom. The SMILES string of the molecule is Cc1ccc2ccn(Cc3ccc(O)cc3)c2c1. The molecule has 0 aliphatic rings. The largest absolute Gasteiger partial charge is 0.508 e. The number of aromatic hydroxyl groups is 1. The number of hydrogen-bond donors (Lipinski definition) is 1. The first kappa shape index (κ1) is 10.9. The van der Waals surface area contributed by atoms with Gasteiger partial charge in [0.05, 0.1) is 0 Å². The Morgan fingerprint density at radius 3 is 2.56 bits per heavy atom. The second-order valence-electron chi connectivity index (χ2n) is 4.67. The molecule has 0 amide bonds. The van der Waals surface area contributed by atoms with Gasteiger partial charge in [-0.15, -0.1) is 0 Å². The minimum Gasteiger partial charge on any atom is -0.508 e. The molecule has 1 aromatic heterocycles. The topological polar surface area (TPSA) is 25.2 Å². The number of aryl methyl sites for hydroxylation is 1. The smallest absolute Gasteiger partial charge is 0.115 e. The van der Waals surface area contributed by atoms with E-state index in [1.807, 2.05) is 12.1 Å². The van der Waals surface area contributed by atoms with Gasteiger partial charge in [-0.25, -0.2) is 0 Å². The minimum absolute atomic E-state index is 0.312. The van der Waals surface area contributed by atoms with Crippen molar-refractivity contribution in [1.29, 1.82) is 0 Å². The molecule has 3 rings (SSSR count). The lowest BCUT2D eigenvalue weighted by molar-refractivity contribution is 0.475. The highest BCUT2D eigenvalue weighted by Crippen LogP contribution is 2.19. The molecule has 18 heavy (non-hydrogen) atoms. The summed E-state index contributed by atoms with van der Waals surface area (Å²) in [6, 6.07) is 16.0. The number of phenols is 1. The number of aromatic nitrogens is 1. The highest BCUT2D eigenvalue weighted by molar-refractivity contribution is 5.80. The monoisotopic (exact) mass is 237 g/mol. The molecule has 2 heteroatoms. The summed E-state index contributed by atoms with van der Waals surface area (Å²) in [6.07, 6.45) is 2.11. The number of rotatable bonds is 2. The fourth-order valence-electron chi connectivity index (χ4n) is 2.23. The number of benzene rings is 2. The zero-order valence-electron chi connectivity index (χ0n) is 10.3. The van der Waals surface area contributed by atoms with Crippen molar-refractivity contribution in [3.63, 3.8) is 0 Å². The molecule has 0 saturated carbocycles. The molecule has 0 saturated heterocycles. The standard InChI is InChI=1S/C16H15NO/c1-12-2-5-14-8-9-17(16(14)10-12)11-13-3-6-15(18)7-4-13/h2-10,18H,11H2,1H3. The summed E-state index contributed by atoms with van der Waals surface area (Å²) in [5.41, 5.74) is 3.71. The Morgan fingerprint density at radius 1 is 1.00 bits per heavy atom. The van der Waals surface area contributed by atoms with Gasteiger partial charge in [0.1, 0.15) is 5.75 Å². The molecule has 2 aromatic carbocycles. The van der Waals surface area contributed by atoms with Gasteiger partial charge in [-0.2, -0.15) is 0 Å². The van der Waals surface area contributed by atoms with Crippen molar-refractivity contribution in [3.8, 4) is 5.75 Å². The maximum atomic E-state index is 9.28. The van der Waals surface area contributed by atoms with Gasteiger partial charge in [0.2, 0.25) is 0 Å². The number of nitrogens with zero attached hydrogens (tertiary/aromatic N) is 1. The van der Waals surface area contributed by atoms with E-state index in [9.17, 15) is 5.11 Å². The van der Waals surface area contributed by atoms with Crippen molar-refractivity contribution in [2.24, 2.45) is 0 Å². The van der Waals surface area contributed by atoms with Crippen molar-refractivity contribution in [3.05, 3.63) is 65.9 Å². The summed E-state index contributed by atoms with van der Waals surface area (Å²) >= 11 is 0. The molecular weight excluding hydrogens is 222 g/mol. The zero-order chi connectivity index (χ0) is 12.5. The van der Waals surface area contributed by atoms with Crippen molar-refractivity contribution in [1.82, 2.24) is 4.57 Å². The second kappa shape index (κ2) is 4.22. The quantitative estimate of drug-likeness (QED) is 0.722. The highest BCUT2D eigenvalue weighted by atomic mass is 16.3. The van der Waals surface area contributed by atoms with Gasteiger partial charge in [-0.05, 0) is 47.7 Å². The molecule has 1 heterocycles. The van der Waals surface area contributed by atoms with E-state index in [1.165, 1.54) is 22.0 Å². The fourth-order valence-corrected chi connectivity index (χ4v) is 2.23. The third-order valence-electron chi connectivity index (χ3n) is 3.22. The van der Waals surface area contributed by atoms with Crippen molar-refractivity contribution >= 4 is 10.9 Å². The number of hydrogen-bond acceptors (Lipinski definition) is 1. The van der Waals surface area contributed by atoms with E-state index < -0.39 is 0 Å².